The fourth-order valence-electron chi connectivity index (χ4n) is 3.59. The summed E-state index contributed by atoms with van der Waals surface area (Å²) in [5, 5.41) is 2.81. The summed E-state index contributed by atoms with van der Waals surface area (Å²) in [4.78, 5) is 19.6. The second-order valence-electron chi connectivity index (χ2n) is 7.18. The monoisotopic (exact) mass is 375 g/mol. The minimum Gasteiger partial charge on any atom is -0.446 e. The van der Waals surface area contributed by atoms with Crippen molar-refractivity contribution in [2.24, 2.45) is 0 Å². The molecule has 1 aromatic heterocycles. The summed E-state index contributed by atoms with van der Waals surface area (Å²) < 4.78 is 5.39. The van der Waals surface area contributed by atoms with Crippen LogP contribution >= 0.6 is 0 Å². The van der Waals surface area contributed by atoms with Crippen molar-refractivity contribution in [1.82, 2.24) is 15.3 Å². The number of aromatic nitrogens is 2. The molecule has 0 spiro atoms. The van der Waals surface area contributed by atoms with E-state index in [0.29, 0.717) is 13.0 Å². The van der Waals surface area contributed by atoms with Crippen LogP contribution in [0.4, 0.5) is 4.79 Å². The van der Waals surface area contributed by atoms with Crippen LogP contribution < -0.4 is 5.32 Å². The number of ether oxygens (including phenoxy) is 1. The number of benzene rings is 2. The lowest BCUT2D eigenvalue weighted by atomic mass is 10.0. The number of nitrogens with zero attached hydrogens (tertiary/aromatic N) is 1. The molecule has 2 N–H and O–H groups in total. The standard InChI is InChI=1S/C23H25N3O2/c27-23(28-20-8-4-5-9-20)24-15-14-22-25-16-21(26-22)19-12-10-18(11-13-19)17-6-2-1-3-7-17/h1-3,6-7,10-13,16,20H,4-5,8-9,14-15H2,(H,24,27)(H,25,26). The van der Waals surface area contributed by atoms with Crippen LogP contribution in [0.3, 0.4) is 0 Å². The van der Waals surface area contributed by atoms with Gasteiger partial charge in [-0.15, -0.1) is 0 Å². The van der Waals surface area contributed by atoms with Crippen molar-refractivity contribution >= 4 is 6.09 Å². The summed E-state index contributed by atoms with van der Waals surface area (Å²) in [5.41, 5.74) is 4.46. The van der Waals surface area contributed by atoms with E-state index in [9.17, 15) is 4.79 Å². The van der Waals surface area contributed by atoms with Crippen molar-refractivity contribution in [2.75, 3.05) is 6.54 Å². The number of hydrogen-bond donors (Lipinski definition) is 2. The number of carbonyl (C=O) groups excluding carboxylic acids is 1. The Morgan fingerprint density at radius 3 is 2.43 bits per heavy atom. The van der Waals surface area contributed by atoms with Gasteiger partial charge in [0.05, 0.1) is 11.9 Å². The van der Waals surface area contributed by atoms with E-state index >= 15 is 0 Å². The predicted molar refractivity (Wildman–Crippen MR) is 110 cm³/mol. The molecule has 28 heavy (non-hydrogen) atoms. The van der Waals surface area contributed by atoms with Crippen molar-refractivity contribution in [3.63, 3.8) is 0 Å². The Hall–Kier alpha value is -3.08. The Kier molecular flexibility index (Phi) is 5.71. The van der Waals surface area contributed by atoms with E-state index in [4.69, 9.17) is 4.74 Å². The van der Waals surface area contributed by atoms with Crippen LogP contribution in [0.15, 0.2) is 60.8 Å². The molecule has 1 aliphatic rings. The number of alkyl carbamates (subject to hydrolysis) is 1. The van der Waals surface area contributed by atoms with Crippen LogP contribution in [-0.4, -0.2) is 28.7 Å². The summed E-state index contributed by atoms with van der Waals surface area (Å²) in [6, 6.07) is 18.7. The summed E-state index contributed by atoms with van der Waals surface area (Å²) in [7, 11) is 0. The van der Waals surface area contributed by atoms with Gasteiger partial charge in [-0.25, -0.2) is 9.78 Å². The molecule has 3 aromatic rings. The van der Waals surface area contributed by atoms with E-state index in [2.05, 4.69) is 51.7 Å². The van der Waals surface area contributed by atoms with Crippen molar-refractivity contribution in [1.29, 1.82) is 0 Å². The van der Waals surface area contributed by atoms with Gasteiger partial charge in [0.2, 0.25) is 0 Å². The van der Waals surface area contributed by atoms with Gasteiger partial charge in [-0.3, -0.25) is 0 Å². The van der Waals surface area contributed by atoms with Gasteiger partial charge >= 0.3 is 6.09 Å². The van der Waals surface area contributed by atoms with E-state index in [1.54, 1.807) is 0 Å². The molecule has 0 unspecified atom stereocenters. The highest BCUT2D eigenvalue weighted by Crippen LogP contribution is 2.24. The van der Waals surface area contributed by atoms with Gasteiger partial charge in [-0.05, 0) is 42.4 Å². The number of H-pyrrole nitrogens is 1. The third-order valence-corrected chi connectivity index (χ3v) is 5.14. The van der Waals surface area contributed by atoms with E-state index in [1.807, 2.05) is 24.4 Å². The maximum absolute atomic E-state index is 11.8. The Morgan fingerprint density at radius 2 is 1.68 bits per heavy atom. The smallest absolute Gasteiger partial charge is 0.407 e. The zero-order chi connectivity index (χ0) is 19.2. The van der Waals surface area contributed by atoms with E-state index in [0.717, 1.165) is 42.8 Å². The summed E-state index contributed by atoms with van der Waals surface area (Å²) in [6.07, 6.45) is 6.52. The minimum atomic E-state index is -0.324. The van der Waals surface area contributed by atoms with Crippen LogP contribution in [0.2, 0.25) is 0 Å². The Morgan fingerprint density at radius 1 is 1.00 bits per heavy atom. The number of rotatable bonds is 6. The number of amides is 1. The molecule has 144 valence electrons. The predicted octanol–water partition coefficient (Wildman–Crippen LogP) is 4.96. The molecule has 1 saturated carbocycles. The minimum absolute atomic E-state index is 0.0917. The van der Waals surface area contributed by atoms with Gasteiger partial charge in [-0.1, -0.05) is 54.6 Å². The quantitative estimate of drug-likeness (QED) is 0.640. The Labute approximate surface area is 165 Å². The maximum atomic E-state index is 11.8. The lowest BCUT2D eigenvalue weighted by Gasteiger charge is -2.11. The number of imidazole rings is 1. The summed E-state index contributed by atoms with van der Waals surface area (Å²) in [6.45, 7) is 0.505. The zero-order valence-corrected chi connectivity index (χ0v) is 15.9. The van der Waals surface area contributed by atoms with Gasteiger partial charge in [0, 0.05) is 13.0 Å². The summed E-state index contributed by atoms with van der Waals surface area (Å²) in [5.74, 6) is 0.850. The number of carbonyl (C=O) groups is 1. The van der Waals surface area contributed by atoms with Crippen LogP contribution in [-0.2, 0) is 11.2 Å². The topological polar surface area (TPSA) is 67.0 Å². The molecule has 0 aliphatic heterocycles. The van der Waals surface area contributed by atoms with Crippen LogP contribution in [0.5, 0.6) is 0 Å². The second-order valence-corrected chi connectivity index (χ2v) is 7.18. The Bertz CT molecular complexity index is 897. The first-order valence-corrected chi connectivity index (χ1v) is 9.92. The first-order chi connectivity index (χ1) is 13.8. The second kappa shape index (κ2) is 8.74. The molecule has 0 radical (unpaired) electrons. The lowest BCUT2D eigenvalue weighted by molar-refractivity contribution is 0.101. The first kappa shape index (κ1) is 18.3. The zero-order valence-electron chi connectivity index (χ0n) is 15.9. The van der Waals surface area contributed by atoms with Crippen molar-refractivity contribution < 1.29 is 9.53 Å². The molecule has 1 fully saturated rings. The highest BCUT2D eigenvalue weighted by molar-refractivity contribution is 5.69. The average molecular weight is 375 g/mol. The van der Waals surface area contributed by atoms with Gasteiger partial charge in [0.1, 0.15) is 11.9 Å². The molecule has 5 nitrogen and oxygen atoms in total. The molecule has 0 bridgehead atoms. The highest BCUT2D eigenvalue weighted by atomic mass is 16.6. The van der Waals surface area contributed by atoms with E-state index in [-0.39, 0.29) is 12.2 Å². The molecule has 1 heterocycles. The Balaban J connectivity index is 1.29. The van der Waals surface area contributed by atoms with Crippen molar-refractivity contribution in [3.05, 3.63) is 66.6 Å². The molecule has 5 heteroatoms. The highest BCUT2D eigenvalue weighted by Gasteiger charge is 2.18. The molecule has 1 amide bonds. The average Bonchev–Trinajstić information content (AvgIpc) is 3.41. The fourth-order valence-corrected chi connectivity index (χ4v) is 3.59. The molecule has 0 saturated heterocycles. The molecule has 2 aromatic carbocycles. The molecular formula is C23H25N3O2. The first-order valence-electron chi connectivity index (χ1n) is 9.92. The maximum Gasteiger partial charge on any atom is 0.407 e. The molecule has 4 rings (SSSR count). The van der Waals surface area contributed by atoms with Crippen molar-refractivity contribution in [2.45, 2.75) is 38.2 Å². The molecule has 1 aliphatic carbocycles. The SMILES string of the molecule is O=C(NCCc1ncc(-c2ccc(-c3ccccc3)cc2)[nH]1)OC1CCCC1. The normalized spacial score (nSPS) is 14.1. The van der Waals surface area contributed by atoms with E-state index in [1.165, 1.54) is 11.1 Å². The summed E-state index contributed by atoms with van der Waals surface area (Å²) >= 11 is 0. The van der Waals surface area contributed by atoms with Crippen LogP contribution in [0.1, 0.15) is 31.5 Å². The van der Waals surface area contributed by atoms with E-state index < -0.39 is 0 Å². The largest absolute Gasteiger partial charge is 0.446 e. The van der Waals surface area contributed by atoms with Crippen molar-refractivity contribution in [3.8, 4) is 22.4 Å². The lowest BCUT2D eigenvalue weighted by Crippen LogP contribution is -2.29. The number of aromatic amines is 1. The third-order valence-electron chi connectivity index (χ3n) is 5.14. The number of hydrogen-bond acceptors (Lipinski definition) is 3. The van der Waals surface area contributed by atoms with Gasteiger partial charge < -0.3 is 15.0 Å². The van der Waals surface area contributed by atoms with Crippen LogP contribution in [0, 0.1) is 0 Å². The number of nitrogens with one attached hydrogen (secondary N) is 2. The third kappa shape index (κ3) is 4.60. The van der Waals surface area contributed by atoms with Crippen LogP contribution in [0.25, 0.3) is 22.4 Å². The molecule has 0 atom stereocenters. The van der Waals surface area contributed by atoms with Gasteiger partial charge in [0.15, 0.2) is 0 Å². The van der Waals surface area contributed by atoms with Gasteiger partial charge in [-0.2, -0.15) is 0 Å². The van der Waals surface area contributed by atoms with Gasteiger partial charge in [0.25, 0.3) is 0 Å². The fraction of sp³-hybridized carbons (Fsp3) is 0.304. The molecular weight excluding hydrogens is 350 g/mol.